The summed E-state index contributed by atoms with van der Waals surface area (Å²) in [6, 6.07) is 21.1. The van der Waals surface area contributed by atoms with E-state index in [2.05, 4.69) is 16.9 Å². The Bertz CT molecular complexity index is 1250. The third kappa shape index (κ3) is 5.42. The minimum absolute atomic E-state index is 0.180. The van der Waals surface area contributed by atoms with Gasteiger partial charge in [-0.2, -0.15) is 0 Å². The first-order chi connectivity index (χ1) is 18.0. The molecular weight excluding hydrogens is 506 g/mol. The van der Waals surface area contributed by atoms with E-state index in [4.69, 9.17) is 4.74 Å². The number of nitrogens with one attached hydrogen (secondary N) is 1. The summed E-state index contributed by atoms with van der Waals surface area (Å²) in [4.78, 5) is 45.6. The van der Waals surface area contributed by atoms with Crippen molar-refractivity contribution in [3.63, 3.8) is 0 Å². The van der Waals surface area contributed by atoms with Crippen LogP contribution >= 0.6 is 23.5 Å². The fourth-order valence-corrected chi connectivity index (χ4v) is 6.38. The summed E-state index contributed by atoms with van der Waals surface area (Å²) in [5.41, 5.74) is 2.28. The predicted molar refractivity (Wildman–Crippen MR) is 144 cm³/mol. The summed E-state index contributed by atoms with van der Waals surface area (Å²) >= 11 is 2.86. The first-order valence-corrected chi connectivity index (χ1v) is 13.8. The third-order valence-corrected chi connectivity index (χ3v) is 8.57. The normalized spacial score (nSPS) is 20.7. The van der Waals surface area contributed by atoms with Crippen molar-refractivity contribution in [3.05, 3.63) is 108 Å². The van der Waals surface area contributed by atoms with Crippen LogP contribution in [-0.2, 0) is 19.1 Å². The van der Waals surface area contributed by atoms with Gasteiger partial charge in [0.1, 0.15) is 11.4 Å². The summed E-state index contributed by atoms with van der Waals surface area (Å²) < 4.78 is 6.04. The molecule has 3 atom stereocenters. The molecule has 2 saturated heterocycles. The van der Waals surface area contributed by atoms with Crippen molar-refractivity contribution in [2.24, 2.45) is 0 Å². The number of benzene rings is 2. The molecule has 3 heterocycles. The van der Waals surface area contributed by atoms with Crippen LogP contribution in [0.3, 0.4) is 0 Å². The monoisotopic (exact) mass is 531 g/mol. The zero-order valence-corrected chi connectivity index (χ0v) is 21.5. The minimum atomic E-state index is -0.895. The van der Waals surface area contributed by atoms with Crippen LogP contribution < -0.4 is 5.32 Å². The van der Waals surface area contributed by atoms with Crippen LogP contribution in [0.15, 0.2) is 102 Å². The number of rotatable bonds is 8. The molecule has 2 fully saturated rings. The lowest BCUT2D eigenvalue weighted by atomic mass is 9.97. The average Bonchev–Trinajstić information content (AvgIpc) is 2.94. The highest BCUT2D eigenvalue weighted by atomic mass is 32.2. The number of hydrogen-bond donors (Lipinski definition) is 1. The van der Waals surface area contributed by atoms with Crippen molar-refractivity contribution in [1.29, 1.82) is 0 Å². The number of carbonyl (C=O) groups excluding carboxylic acids is 3. The van der Waals surface area contributed by atoms with Gasteiger partial charge < -0.3 is 15.0 Å². The highest BCUT2D eigenvalue weighted by Gasteiger charge is 2.56. The van der Waals surface area contributed by atoms with Gasteiger partial charge >= 0.3 is 5.97 Å². The van der Waals surface area contributed by atoms with E-state index >= 15 is 0 Å². The second kappa shape index (κ2) is 11.2. The Kier molecular flexibility index (Phi) is 7.62. The number of hydrogen-bond acceptors (Lipinski definition) is 7. The van der Waals surface area contributed by atoms with Crippen LogP contribution in [0, 0.1) is 0 Å². The molecule has 2 aliphatic heterocycles. The highest BCUT2D eigenvalue weighted by molar-refractivity contribution is 8.00. The molecule has 0 saturated carbocycles. The molecule has 5 rings (SSSR count). The number of amides is 2. The quantitative estimate of drug-likeness (QED) is 0.205. The van der Waals surface area contributed by atoms with Crippen LogP contribution in [0.4, 0.5) is 0 Å². The van der Waals surface area contributed by atoms with Gasteiger partial charge in [-0.05, 0) is 28.8 Å². The molecule has 0 aliphatic carbocycles. The Hall–Kier alpha value is -3.56. The first kappa shape index (κ1) is 25.1. The van der Waals surface area contributed by atoms with E-state index in [1.807, 2.05) is 72.8 Å². The van der Waals surface area contributed by atoms with E-state index in [9.17, 15) is 14.4 Å². The Morgan fingerprint density at radius 3 is 2.30 bits per heavy atom. The van der Waals surface area contributed by atoms with Gasteiger partial charge in [-0.3, -0.25) is 14.6 Å². The molecule has 7 nitrogen and oxygen atoms in total. The summed E-state index contributed by atoms with van der Waals surface area (Å²) in [6.07, 6.45) is 2.71. The van der Waals surface area contributed by atoms with Gasteiger partial charge in [0.15, 0.2) is 12.1 Å². The van der Waals surface area contributed by atoms with E-state index in [-0.39, 0.29) is 22.9 Å². The molecule has 2 aromatic carbocycles. The molecule has 2 amide bonds. The second-order valence-electron chi connectivity index (χ2n) is 8.66. The van der Waals surface area contributed by atoms with Crippen LogP contribution in [0.25, 0.3) is 0 Å². The van der Waals surface area contributed by atoms with E-state index in [0.717, 1.165) is 16.0 Å². The van der Waals surface area contributed by atoms with E-state index in [1.54, 1.807) is 12.4 Å². The van der Waals surface area contributed by atoms with Crippen LogP contribution in [0.1, 0.15) is 17.2 Å². The summed E-state index contributed by atoms with van der Waals surface area (Å²) in [5.74, 6) is -0.401. The minimum Gasteiger partial charge on any atom is -0.451 e. The van der Waals surface area contributed by atoms with Gasteiger partial charge in [-0.15, -0.1) is 23.5 Å². The van der Waals surface area contributed by atoms with Crippen molar-refractivity contribution < 1.29 is 19.1 Å². The van der Waals surface area contributed by atoms with Gasteiger partial charge in [-0.25, -0.2) is 4.79 Å². The summed E-state index contributed by atoms with van der Waals surface area (Å²) in [6.45, 7) is 4.06. The molecule has 188 valence electrons. The number of β-lactam (4-membered cyclic amide) rings is 1. The van der Waals surface area contributed by atoms with Gasteiger partial charge in [0.2, 0.25) is 11.8 Å². The lowest BCUT2D eigenvalue weighted by Gasteiger charge is -2.52. The number of fused-ring (bicyclic) bond motifs is 1. The first-order valence-electron chi connectivity index (χ1n) is 11.8. The maximum absolute atomic E-state index is 13.5. The molecule has 9 heteroatoms. The largest absolute Gasteiger partial charge is 0.451 e. The van der Waals surface area contributed by atoms with Gasteiger partial charge in [0.05, 0.1) is 5.75 Å². The SMILES string of the molecule is C=C1CS[C@@H]2[C@H](NC(=O)CSc3ccncc3)C(=O)N2[C@H]1C(=O)OC(c1ccccc1)c1ccccc1. The van der Waals surface area contributed by atoms with E-state index in [0.29, 0.717) is 11.3 Å². The van der Waals surface area contributed by atoms with Gasteiger partial charge in [0.25, 0.3) is 0 Å². The fraction of sp³-hybridized carbons (Fsp3) is 0.214. The number of esters is 1. The zero-order valence-electron chi connectivity index (χ0n) is 19.9. The lowest BCUT2D eigenvalue weighted by Crippen LogP contribution is -2.74. The summed E-state index contributed by atoms with van der Waals surface area (Å²) in [5, 5.41) is 2.48. The van der Waals surface area contributed by atoms with Crippen molar-refractivity contribution in [1.82, 2.24) is 15.2 Å². The fourth-order valence-electron chi connectivity index (χ4n) is 4.38. The molecule has 0 bridgehead atoms. The Balaban J connectivity index is 1.27. The van der Waals surface area contributed by atoms with Crippen LogP contribution in [0.2, 0.25) is 0 Å². The standard InChI is InChI=1S/C28H25N3O4S2/c1-18-16-37-27-23(30-22(32)17-36-21-12-14-29-15-13-21)26(33)31(27)24(18)28(34)35-25(19-8-4-2-5-9-19)20-10-6-3-7-11-20/h2-15,23-25,27H,1,16-17H2,(H,30,32)/t23-,24-,27-/m1/s1. The second-order valence-corrected chi connectivity index (χ2v) is 10.8. The van der Waals surface area contributed by atoms with E-state index in [1.165, 1.54) is 28.4 Å². The Morgan fingerprint density at radius 1 is 1.05 bits per heavy atom. The molecule has 0 radical (unpaired) electrons. The summed E-state index contributed by atoms with van der Waals surface area (Å²) in [7, 11) is 0. The van der Waals surface area contributed by atoms with Crippen molar-refractivity contribution in [3.8, 4) is 0 Å². The molecule has 37 heavy (non-hydrogen) atoms. The van der Waals surface area contributed by atoms with Crippen LogP contribution in [-0.4, -0.2) is 56.6 Å². The van der Waals surface area contributed by atoms with Gasteiger partial charge in [0, 0.05) is 23.0 Å². The smallest absolute Gasteiger partial charge is 0.334 e. The van der Waals surface area contributed by atoms with Gasteiger partial charge in [-0.1, -0.05) is 67.2 Å². The molecule has 0 spiro atoms. The molecule has 0 unspecified atom stereocenters. The van der Waals surface area contributed by atoms with Crippen molar-refractivity contribution in [2.75, 3.05) is 11.5 Å². The van der Waals surface area contributed by atoms with E-state index < -0.39 is 24.2 Å². The number of pyridine rings is 1. The molecule has 3 aromatic rings. The Labute approximate surface area is 223 Å². The number of carbonyl (C=O) groups is 3. The topological polar surface area (TPSA) is 88.6 Å². The molecular formula is C28H25N3O4S2. The average molecular weight is 532 g/mol. The third-order valence-electron chi connectivity index (χ3n) is 6.18. The Morgan fingerprint density at radius 2 is 1.68 bits per heavy atom. The lowest BCUT2D eigenvalue weighted by molar-refractivity contribution is -0.165. The zero-order chi connectivity index (χ0) is 25.8. The number of ether oxygens (including phenoxy) is 1. The molecule has 1 N–H and O–H groups in total. The maximum Gasteiger partial charge on any atom is 0.334 e. The number of aromatic nitrogens is 1. The predicted octanol–water partition coefficient (Wildman–Crippen LogP) is 3.83. The van der Waals surface area contributed by atoms with Crippen molar-refractivity contribution >= 4 is 41.3 Å². The highest BCUT2D eigenvalue weighted by Crippen LogP contribution is 2.41. The van der Waals surface area contributed by atoms with Crippen molar-refractivity contribution in [2.45, 2.75) is 28.5 Å². The maximum atomic E-state index is 13.5. The molecule has 2 aliphatic rings. The number of thioether (sulfide) groups is 2. The number of nitrogens with zero attached hydrogens (tertiary/aromatic N) is 2. The van der Waals surface area contributed by atoms with Crippen LogP contribution in [0.5, 0.6) is 0 Å². The molecule has 1 aromatic heterocycles.